The molecule has 116 valence electrons. The van der Waals surface area contributed by atoms with Crippen molar-refractivity contribution >= 4 is 0 Å². The molecule has 1 aromatic rings. The Morgan fingerprint density at radius 1 is 1.00 bits per heavy atom. The van der Waals surface area contributed by atoms with E-state index in [0.717, 1.165) is 5.88 Å². The lowest BCUT2D eigenvalue weighted by atomic mass is 9.75. The fourth-order valence-electron chi connectivity index (χ4n) is 2.96. The standard InChI is InChI=1S/C18H33NO/c1-5-7-9-11-13-18(3,12-10-8-6-2)16-14-17(20-4)19-15-16/h14-15,19H,5-13H2,1-4H3. The zero-order valence-corrected chi connectivity index (χ0v) is 13.9. The van der Waals surface area contributed by atoms with Gasteiger partial charge in [0.2, 0.25) is 0 Å². The first kappa shape index (κ1) is 17.1. The number of hydrogen-bond donors (Lipinski definition) is 1. The molecule has 0 spiro atoms. The van der Waals surface area contributed by atoms with Gasteiger partial charge in [-0.3, -0.25) is 0 Å². The van der Waals surface area contributed by atoms with E-state index in [2.05, 4.69) is 38.0 Å². The molecule has 0 bridgehead atoms. The SMILES string of the molecule is CCCCCCC(C)(CCCCC)c1c[nH]c(OC)c1. The number of nitrogens with one attached hydrogen (secondary N) is 1. The number of ether oxygens (including phenoxy) is 1. The van der Waals surface area contributed by atoms with Gasteiger partial charge in [0.1, 0.15) is 0 Å². The van der Waals surface area contributed by atoms with Gasteiger partial charge in [-0.1, -0.05) is 65.7 Å². The summed E-state index contributed by atoms with van der Waals surface area (Å²) in [6.07, 6.45) is 14.1. The second-order valence-corrected chi connectivity index (χ2v) is 6.29. The number of unbranched alkanes of at least 4 members (excludes halogenated alkanes) is 5. The molecule has 0 aliphatic carbocycles. The first-order valence-corrected chi connectivity index (χ1v) is 8.39. The van der Waals surface area contributed by atoms with Gasteiger partial charge in [0.25, 0.3) is 0 Å². The Hall–Kier alpha value is -0.920. The summed E-state index contributed by atoms with van der Waals surface area (Å²) in [5.74, 6) is 0.885. The molecule has 0 fully saturated rings. The van der Waals surface area contributed by atoms with Crippen LogP contribution in [0.25, 0.3) is 0 Å². The molecule has 1 atom stereocenters. The van der Waals surface area contributed by atoms with E-state index in [1.807, 2.05) is 0 Å². The zero-order chi connectivity index (χ0) is 14.8. The highest BCUT2D eigenvalue weighted by atomic mass is 16.5. The van der Waals surface area contributed by atoms with Crippen molar-refractivity contribution in [2.45, 2.75) is 84.0 Å². The quantitative estimate of drug-likeness (QED) is 0.506. The van der Waals surface area contributed by atoms with Crippen LogP contribution in [0.4, 0.5) is 0 Å². The molecule has 1 unspecified atom stereocenters. The number of methoxy groups -OCH3 is 1. The van der Waals surface area contributed by atoms with Crippen LogP contribution < -0.4 is 4.74 Å². The summed E-state index contributed by atoms with van der Waals surface area (Å²) in [6.45, 7) is 6.98. The minimum Gasteiger partial charge on any atom is -0.482 e. The summed E-state index contributed by atoms with van der Waals surface area (Å²) >= 11 is 0. The molecule has 1 aromatic heterocycles. The fourth-order valence-corrected chi connectivity index (χ4v) is 2.96. The van der Waals surface area contributed by atoms with Crippen molar-refractivity contribution in [2.24, 2.45) is 0 Å². The van der Waals surface area contributed by atoms with E-state index in [0.29, 0.717) is 5.41 Å². The maximum Gasteiger partial charge on any atom is 0.190 e. The van der Waals surface area contributed by atoms with E-state index in [4.69, 9.17) is 4.74 Å². The average molecular weight is 279 g/mol. The van der Waals surface area contributed by atoms with E-state index in [-0.39, 0.29) is 0 Å². The third-order valence-corrected chi connectivity index (χ3v) is 4.49. The predicted octanol–water partition coefficient (Wildman–Crippen LogP) is 5.83. The molecule has 0 aromatic carbocycles. The van der Waals surface area contributed by atoms with Gasteiger partial charge in [-0.05, 0) is 23.8 Å². The lowest BCUT2D eigenvalue weighted by molar-refractivity contribution is 0.364. The van der Waals surface area contributed by atoms with E-state index in [1.54, 1.807) is 7.11 Å². The van der Waals surface area contributed by atoms with Crippen molar-refractivity contribution in [3.63, 3.8) is 0 Å². The molecule has 0 saturated carbocycles. The first-order valence-electron chi connectivity index (χ1n) is 8.39. The lowest BCUT2D eigenvalue weighted by Gasteiger charge is -2.29. The zero-order valence-electron chi connectivity index (χ0n) is 13.9. The second-order valence-electron chi connectivity index (χ2n) is 6.29. The maximum atomic E-state index is 5.30. The Morgan fingerprint density at radius 3 is 2.15 bits per heavy atom. The van der Waals surface area contributed by atoms with Crippen molar-refractivity contribution in [2.75, 3.05) is 7.11 Å². The van der Waals surface area contributed by atoms with Crippen LogP contribution in [-0.4, -0.2) is 12.1 Å². The van der Waals surface area contributed by atoms with Crippen LogP contribution >= 0.6 is 0 Å². The Bertz CT molecular complexity index is 358. The van der Waals surface area contributed by atoms with Crippen molar-refractivity contribution < 1.29 is 4.74 Å². The summed E-state index contributed by atoms with van der Waals surface area (Å²) in [7, 11) is 1.73. The van der Waals surface area contributed by atoms with Crippen LogP contribution in [0.15, 0.2) is 12.3 Å². The normalized spacial score (nSPS) is 14.2. The van der Waals surface area contributed by atoms with Gasteiger partial charge in [-0.25, -0.2) is 0 Å². The minimum atomic E-state index is 0.302. The summed E-state index contributed by atoms with van der Waals surface area (Å²) in [5, 5.41) is 0. The Kier molecular flexibility index (Phi) is 7.79. The van der Waals surface area contributed by atoms with Crippen LogP contribution in [-0.2, 0) is 5.41 Å². The largest absolute Gasteiger partial charge is 0.482 e. The minimum absolute atomic E-state index is 0.302. The van der Waals surface area contributed by atoms with Crippen LogP contribution in [0.2, 0.25) is 0 Å². The van der Waals surface area contributed by atoms with Gasteiger partial charge >= 0.3 is 0 Å². The summed E-state index contributed by atoms with van der Waals surface area (Å²) in [4.78, 5) is 3.23. The summed E-state index contributed by atoms with van der Waals surface area (Å²) in [6, 6.07) is 2.19. The molecule has 0 aliphatic heterocycles. The molecule has 0 radical (unpaired) electrons. The lowest BCUT2D eigenvalue weighted by Crippen LogP contribution is -2.21. The third-order valence-electron chi connectivity index (χ3n) is 4.49. The highest BCUT2D eigenvalue weighted by Gasteiger charge is 2.26. The number of hydrogen-bond acceptors (Lipinski definition) is 1. The predicted molar refractivity (Wildman–Crippen MR) is 87.6 cm³/mol. The molecule has 2 nitrogen and oxygen atoms in total. The van der Waals surface area contributed by atoms with Crippen LogP contribution in [0.1, 0.15) is 84.1 Å². The number of aromatic nitrogens is 1. The molecular formula is C18H33NO. The van der Waals surface area contributed by atoms with Crippen molar-refractivity contribution in [1.82, 2.24) is 4.98 Å². The number of H-pyrrole nitrogens is 1. The third kappa shape index (κ3) is 5.22. The molecule has 20 heavy (non-hydrogen) atoms. The van der Waals surface area contributed by atoms with Crippen LogP contribution in [0.3, 0.4) is 0 Å². The van der Waals surface area contributed by atoms with Crippen molar-refractivity contribution in [1.29, 1.82) is 0 Å². The maximum absolute atomic E-state index is 5.30. The fraction of sp³-hybridized carbons (Fsp3) is 0.778. The van der Waals surface area contributed by atoms with Gasteiger partial charge in [0.05, 0.1) is 7.11 Å². The van der Waals surface area contributed by atoms with E-state index in [1.165, 1.54) is 63.4 Å². The Labute approximate surface area is 125 Å². The van der Waals surface area contributed by atoms with Crippen molar-refractivity contribution in [3.05, 3.63) is 17.8 Å². The first-order chi connectivity index (χ1) is 9.66. The van der Waals surface area contributed by atoms with Gasteiger partial charge < -0.3 is 9.72 Å². The monoisotopic (exact) mass is 279 g/mol. The van der Waals surface area contributed by atoms with E-state index in [9.17, 15) is 0 Å². The summed E-state index contributed by atoms with van der Waals surface area (Å²) in [5.41, 5.74) is 1.72. The molecule has 0 saturated heterocycles. The molecule has 1 N–H and O–H groups in total. The second kappa shape index (κ2) is 9.10. The topological polar surface area (TPSA) is 25.0 Å². The molecule has 1 rings (SSSR count). The molecule has 0 aliphatic rings. The van der Waals surface area contributed by atoms with Gasteiger partial charge in [-0.15, -0.1) is 0 Å². The molecule has 1 heterocycles. The van der Waals surface area contributed by atoms with Crippen molar-refractivity contribution in [3.8, 4) is 5.88 Å². The molecule has 0 amide bonds. The van der Waals surface area contributed by atoms with Gasteiger partial charge in [0.15, 0.2) is 5.88 Å². The highest BCUT2D eigenvalue weighted by Crippen LogP contribution is 2.36. The van der Waals surface area contributed by atoms with Gasteiger partial charge in [-0.2, -0.15) is 0 Å². The highest BCUT2D eigenvalue weighted by molar-refractivity contribution is 5.28. The van der Waals surface area contributed by atoms with Crippen LogP contribution in [0, 0.1) is 0 Å². The molecule has 2 heteroatoms. The molecular weight excluding hydrogens is 246 g/mol. The van der Waals surface area contributed by atoms with E-state index >= 15 is 0 Å². The number of aromatic amines is 1. The number of rotatable bonds is 11. The van der Waals surface area contributed by atoms with Crippen LogP contribution in [0.5, 0.6) is 5.88 Å². The smallest absolute Gasteiger partial charge is 0.190 e. The summed E-state index contributed by atoms with van der Waals surface area (Å²) < 4.78 is 5.30. The van der Waals surface area contributed by atoms with E-state index < -0.39 is 0 Å². The average Bonchev–Trinajstić information content (AvgIpc) is 2.94. The Balaban J connectivity index is 2.66. The Morgan fingerprint density at radius 2 is 1.60 bits per heavy atom. The van der Waals surface area contributed by atoms with Gasteiger partial charge in [0, 0.05) is 12.3 Å².